The van der Waals surface area contributed by atoms with Gasteiger partial charge in [0.25, 0.3) is 0 Å². The van der Waals surface area contributed by atoms with Gasteiger partial charge < -0.3 is 5.32 Å². The summed E-state index contributed by atoms with van der Waals surface area (Å²) in [4.78, 5) is 0. The van der Waals surface area contributed by atoms with Crippen molar-refractivity contribution in [2.75, 3.05) is 0 Å². The highest BCUT2D eigenvalue weighted by Crippen LogP contribution is 2.62. The average Bonchev–Trinajstić information content (AvgIpc) is 2.88. The fraction of sp³-hybridized carbons (Fsp3) is 0.700. The van der Waals surface area contributed by atoms with Gasteiger partial charge in [0, 0.05) is 12.1 Å². The molecule has 2 bridgehead atoms. The lowest BCUT2D eigenvalue weighted by molar-refractivity contribution is 0.100. The van der Waals surface area contributed by atoms with Gasteiger partial charge in [0.2, 0.25) is 0 Å². The van der Waals surface area contributed by atoms with Crippen LogP contribution in [0.2, 0.25) is 0 Å². The predicted octanol–water partition coefficient (Wildman–Crippen LogP) is 5.17. The molecule has 1 aromatic carbocycles. The summed E-state index contributed by atoms with van der Waals surface area (Å²) in [6.07, 6.45) is 4.25. The lowest BCUT2D eigenvalue weighted by atomic mass is 9.68. The molecule has 3 rings (SSSR count). The van der Waals surface area contributed by atoms with Crippen LogP contribution in [0.5, 0.6) is 0 Å². The van der Waals surface area contributed by atoms with E-state index in [0.29, 0.717) is 22.9 Å². The van der Waals surface area contributed by atoms with Crippen LogP contribution in [0.1, 0.15) is 69.7 Å². The van der Waals surface area contributed by atoms with E-state index < -0.39 is 0 Å². The number of hydrogen-bond acceptors (Lipinski definition) is 1. The quantitative estimate of drug-likeness (QED) is 0.808. The van der Waals surface area contributed by atoms with E-state index in [1.165, 1.54) is 36.0 Å². The highest BCUT2D eigenvalue weighted by atomic mass is 15.0. The topological polar surface area (TPSA) is 12.0 Å². The average molecular weight is 285 g/mol. The Hall–Kier alpha value is -0.820. The first-order valence-corrected chi connectivity index (χ1v) is 8.57. The molecule has 1 aromatic rings. The molecule has 2 aliphatic rings. The SMILES string of the molecule is Cc1ccc(C)c(C(C)NC2C3(C)CCC(C3)C2(C)C)c1. The van der Waals surface area contributed by atoms with E-state index in [9.17, 15) is 0 Å². The van der Waals surface area contributed by atoms with Crippen LogP contribution in [0, 0.1) is 30.6 Å². The fourth-order valence-corrected chi connectivity index (χ4v) is 5.28. The van der Waals surface area contributed by atoms with Gasteiger partial charge in [0.1, 0.15) is 0 Å². The molecule has 116 valence electrons. The van der Waals surface area contributed by atoms with Crippen LogP contribution >= 0.6 is 0 Å². The van der Waals surface area contributed by atoms with Gasteiger partial charge >= 0.3 is 0 Å². The van der Waals surface area contributed by atoms with Crippen LogP contribution < -0.4 is 5.32 Å². The van der Waals surface area contributed by atoms with Crippen molar-refractivity contribution in [1.82, 2.24) is 5.32 Å². The standard InChI is InChI=1S/C20H31N/c1-13-7-8-14(2)17(11-13)15(3)21-18-19(4,5)16-9-10-20(18,6)12-16/h7-8,11,15-16,18,21H,9-10,12H2,1-6H3. The number of aryl methyl sites for hydroxylation is 2. The van der Waals surface area contributed by atoms with Gasteiger partial charge in [-0.15, -0.1) is 0 Å². The minimum Gasteiger partial charge on any atom is -0.306 e. The maximum atomic E-state index is 4.03. The summed E-state index contributed by atoms with van der Waals surface area (Å²) >= 11 is 0. The molecule has 1 nitrogen and oxygen atoms in total. The molecule has 2 aliphatic carbocycles. The number of fused-ring (bicyclic) bond motifs is 2. The molecule has 2 fully saturated rings. The second-order valence-corrected chi connectivity index (χ2v) is 8.60. The largest absolute Gasteiger partial charge is 0.306 e. The van der Waals surface area contributed by atoms with Crippen LogP contribution in [0.4, 0.5) is 0 Å². The summed E-state index contributed by atoms with van der Waals surface area (Å²) < 4.78 is 0. The predicted molar refractivity (Wildman–Crippen MR) is 90.5 cm³/mol. The number of hydrogen-bond donors (Lipinski definition) is 1. The summed E-state index contributed by atoms with van der Waals surface area (Å²) in [5.74, 6) is 0.908. The van der Waals surface area contributed by atoms with Gasteiger partial charge in [-0.05, 0) is 67.9 Å². The Labute approximate surface area is 130 Å². The Morgan fingerprint density at radius 1 is 1.19 bits per heavy atom. The van der Waals surface area contributed by atoms with E-state index >= 15 is 0 Å². The lowest BCUT2D eigenvalue weighted by Gasteiger charge is -2.45. The summed E-state index contributed by atoms with van der Waals surface area (Å²) in [5, 5.41) is 4.03. The van der Waals surface area contributed by atoms with Crippen molar-refractivity contribution in [3.05, 3.63) is 34.9 Å². The zero-order valence-corrected chi connectivity index (χ0v) is 14.6. The lowest BCUT2D eigenvalue weighted by Crippen LogP contribution is -2.51. The van der Waals surface area contributed by atoms with Crippen molar-refractivity contribution in [2.45, 2.75) is 72.9 Å². The molecule has 4 atom stereocenters. The smallest absolute Gasteiger partial charge is 0.0297 e. The first-order chi connectivity index (χ1) is 9.74. The van der Waals surface area contributed by atoms with E-state index in [0.717, 1.165) is 5.92 Å². The molecule has 0 radical (unpaired) electrons. The maximum Gasteiger partial charge on any atom is 0.0297 e. The molecule has 0 saturated heterocycles. The summed E-state index contributed by atoms with van der Waals surface area (Å²) in [7, 11) is 0. The molecule has 0 aromatic heterocycles. The van der Waals surface area contributed by atoms with Crippen LogP contribution in [0.15, 0.2) is 18.2 Å². The van der Waals surface area contributed by atoms with Crippen LogP contribution in [-0.2, 0) is 0 Å². The van der Waals surface area contributed by atoms with Crippen molar-refractivity contribution in [3.63, 3.8) is 0 Å². The number of rotatable bonds is 3. The van der Waals surface area contributed by atoms with Crippen molar-refractivity contribution in [3.8, 4) is 0 Å². The molecule has 1 N–H and O–H groups in total. The van der Waals surface area contributed by atoms with Gasteiger partial charge in [-0.3, -0.25) is 0 Å². The molecule has 0 aliphatic heterocycles. The molecular formula is C20H31N. The Morgan fingerprint density at radius 2 is 1.90 bits per heavy atom. The summed E-state index contributed by atoms with van der Waals surface area (Å²) in [5.41, 5.74) is 5.17. The first kappa shape index (κ1) is 15.1. The van der Waals surface area contributed by atoms with Gasteiger partial charge in [0.15, 0.2) is 0 Å². The highest BCUT2D eigenvalue weighted by Gasteiger charge is 2.59. The van der Waals surface area contributed by atoms with Gasteiger partial charge in [-0.1, -0.05) is 44.5 Å². The van der Waals surface area contributed by atoms with Gasteiger partial charge in [-0.25, -0.2) is 0 Å². The van der Waals surface area contributed by atoms with Crippen molar-refractivity contribution >= 4 is 0 Å². The van der Waals surface area contributed by atoms with Crippen LogP contribution in [0.3, 0.4) is 0 Å². The third-order valence-corrected chi connectivity index (χ3v) is 6.59. The van der Waals surface area contributed by atoms with Crippen LogP contribution in [-0.4, -0.2) is 6.04 Å². The fourth-order valence-electron chi connectivity index (χ4n) is 5.28. The van der Waals surface area contributed by atoms with E-state index in [1.807, 2.05) is 0 Å². The second kappa shape index (κ2) is 4.84. The molecular weight excluding hydrogens is 254 g/mol. The minimum atomic E-state index is 0.430. The maximum absolute atomic E-state index is 4.03. The first-order valence-electron chi connectivity index (χ1n) is 8.57. The summed E-state index contributed by atoms with van der Waals surface area (Å²) in [6, 6.07) is 7.91. The van der Waals surface area contributed by atoms with E-state index in [-0.39, 0.29) is 0 Å². The van der Waals surface area contributed by atoms with Gasteiger partial charge in [0.05, 0.1) is 0 Å². The molecule has 4 unspecified atom stereocenters. The molecule has 21 heavy (non-hydrogen) atoms. The third kappa shape index (κ3) is 2.34. The highest BCUT2D eigenvalue weighted by molar-refractivity contribution is 5.33. The molecule has 0 heterocycles. The second-order valence-electron chi connectivity index (χ2n) is 8.60. The van der Waals surface area contributed by atoms with Crippen molar-refractivity contribution < 1.29 is 0 Å². The third-order valence-electron chi connectivity index (χ3n) is 6.59. The summed E-state index contributed by atoms with van der Waals surface area (Å²) in [6.45, 7) is 14.2. The van der Waals surface area contributed by atoms with E-state index in [4.69, 9.17) is 0 Å². The Kier molecular flexibility index (Phi) is 3.48. The molecule has 0 amide bonds. The molecule has 0 spiro atoms. The zero-order valence-electron chi connectivity index (χ0n) is 14.6. The normalized spacial score (nSPS) is 35.1. The molecule has 1 heteroatoms. The van der Waals surface area contributed by atoms with E-state index in [1.54, 1.807) is 0 Å². The monoisotopic (exact) mass is 285 g/mol. The van der Waals surface area contributed by atoms with E-state index in [2.05, 4.69) is 65.1 Å². The van der Waals surface area contributed by atoms with Gasteiger partial charge in [-0.2, -0.15) is 0 Å². The van der Waals surface area contributed by atoms with Crippen LogP contribution in [0.25, 0.3) is 0 Å². The Balaban J connectivity index is 1.84. The number of nitrogens with one attached hydrogen (secondary N) is 1. The molecule has 2 saturated carbocycles. The number of benzene rings is 1. The van der Waals surface area contributed by atoms with Crippen molar-refractivity contribution in [2.24, 2.45) is 16.7 Å². The Morgan fingerprint density at radius 3 is 2.52 bits per heavy atom. The minimum absolute atomic E-state index is 0.430. The zero-order chi connectivity index (χ0) is 15.4. The van der Waals surface area contributed by atoms with Crippen molar-refractivity contribution in [1.29, 1.82) is 0 Å². The Bertz CT molecular complexity index is 540.